The number of rotatable bonds is 8. The lowest BCUT2D eigenvalue weighted by Crippen LogP contribution is -2.27. The van der Waals surface area contributed by atoms with Crippen molar-refractivity contribution < 1.29 is 24.2 Å². The summed E-state index contributed by atoms with van der Waals surface area (Å²) in [4.78, 5) is 23.9. The minimum absolute atomic E-state index is 0.247. The van der Waals surface area contributed by atoms with Gasteiger partial charge in [0.2, 0.25) is 0 Å². The van der Waals surface area contributed by atoms with Crippen LogP contribution in [0.5, 0.6) is 11.5 Å². The minimum Gasteiger partial charge on any atom is -0.493 e. The second kappa shape index (κ2) is 10.6. The highest BCUT2D eigenvalue weighted by Crippen LogP contribution is 2.29. The Morgan fingerprint density at radius 3 is 2.35 bits per heavy atom. The van der Waals surface area contributed by atoms with E-state index in [1.807, 2.05) is 24.3 Å². The van der Waals surface area contributed by atoms with Crippen LogP contribution in [-0.2, 0) is 11.4 Å². The van der Waals surface area contributed by atoms with Crippen molar-refractivity contribution in [2.24, 2.45) is 0 Å². The van der Waals surface area contributed by atoms with Gasteiger partial charge in [-0.05, 0) is 76.2 Å². The predicted molar refractivity (Wildman–Crippen MR) is 126 cm³/mol. The zero-order valence-corrected chi connectivity index (χ0v) is 18.8. The predicted octanol–water partition coefficient (Wildman–Crippen LogP) is 4.73. The minimum atomic E-state index is -1.25. The van der Waals surface area contributed by atoms with E-state index in [1.165, 1.54) is 13.2 Å². The van der Waals surface area contributed by atoms with Gasteiger partial charge in [-0.2, -0.15) is 0 Å². The molecule has 7 heteroatoms. The van der Waals surface area contributed by atoms with Crippen LogP contribution in [0.4, 0.5) is 0 Å². The molecule has 3 aromatic rings. The van der Waals surface area contributed by atoms with Crippen LogP contribution in [0.1, 0.15) is 21.5 Å². The smallest absolute Gasteiger partial charge is 0.352 e. The second-order valence-electron chi connectivity index (χ2n) is 6.51. The first kappa shape index (κ1) is 22.4. The van der Waals surface area contributed by atoms with Crippen LogP contribution in [0, 0.1) is 3.57 Å². The highest BCUT2D eigenvalue weighted by atomic mass is 127. The maximum atomic E-state index is 12.3. The molecule has 0 aromatic heterocycles. The number of methoxy groups -OCH3 is 1. The SMILES string of the molecule is COc1cc(C=C(NC(=O)c2ccccc2)C(=O)O)ccc1OCc1ccc(I)cc1. The van der Waals surface area contributed by atoms with Crippen LogP contribution in [0.25, 0.3) is 6.08 Å². The van der Waals surface area contributed by atoms with Crippen molar-refractivity contribution >= 4 is 40.5 Å². The van der Waals surface area contributed by atoms with Crippen molar-refractivity contribution in [3.63, 3.8) is 0 Å². The van der Waals surface area contributed by atoms with E-state index in [4.69, 9.17) is 9.47 Å². The van der Waals surface area contributed by atoms with Gasteiger partial charge < -0.3 is 19.9 Å². The number of carboxylic acid groups (broad SMARTS) is 1. The number of ether oxygens (including phenoxy) is 2. The van der Waals surface area contributed by atoms with Gasteiger partial charge in [-0.3, -0.25) is 4.79 Å². The molecular formula is C24H20INO5. The van der Waals surface area contributed by atoms with Crippen molar-refractivity contribution in [1.29, 1.82) is 0 Å². The molecule has 0 aliphatic heterocycles. The van der Waals surface area contributed by atoms with Crippen LogP contribution < -0.4 is 14.8 Å². The molecule has 0 aliphatic rings. The summed E-state index contributed by atoms with van der Waals surface area (Å²) in [7, 11) is 1.51. The number of amides is 1. The van der Waals surface area contributed by atoms with Gasteiger partial charge in [-0.15, -0.1) is 0 Å². The van der Waals surface area contributed by atoms with Gasteiger partial charge in [0.15, 0.2) is 11.5 Å². The van der Waals surface area contributed by atoms with E-state index in [1.54, 1.807) is 48.5 Å². The topological polar surface area (TPSA) is 84.9 Å². The Balaban J connectivity index is 1.77. The summed E-state index contributed by atoms with van der Waals surface area (Å²) < 4.78 is 12.4. The molecule has 0 spiro atoms. The summed E-state index contributed by atoms with van der Waals surface area (Å²) in [6.07, 6.45) is 1.37. The summed E-state index contributed by atoms with van der Waals surface area (Å²) in [6.45, 7) is 0.371. The summed E-state index contributed by atoms with van der Waals surface area (Å²) in [5.41, 5.74) is 1.68. The fourth-order valence-corrected chi connectivity index (χ4v) is 3.10. The number of hydrogen-bond donors (Lipinski definition) is 2. The maximum absolute atomic E-state index is 12.3. The average Bonchev–Trinajstić information content (AvgIpc) is 2.79. The summed E-state index contributed by atoms with van der Waals surface area (Å²) in [5.74, 6) is -0.761. The van der Waals surface area contributed by atoms with Gasteiger partial charge in [0, 0.05) is 9.13 Å². The van der Waals surface area contributed by atoms with Gasteiger partial charge in [-0.1, -0.05) is 36.4 Å². The zero-order valence-electron chi connectivity index (χ0n) is 16.7. The van der Waals surface area contributed by atoms with Gasteiger partial charge in [-0.25, -0.2) is 4.79 Å². The molecule has 0 bridgehead atoms. The summed E-state index contributed by atoms with van der Waals surface area (Å²) in [6, 6.07) is 21.4. The first-order chi connectivity index (χ1) is 15.0. The number of aliphatic carboxylic acids is 1. The molecule has 0 atom stereocenters. The fourth-order valence-electron chi connectivity index (χ4n) is 2.74. The number of nitrogens with one attached hydrogen (secondary N) is 1. The molecule has 0 aliphatic carbocycles. The number of hydrogen-bond acceptors (Lipinski definition) is 4. The summed E-state index contributed by atoms with van der Waals surface area (Å²) in [5, 5.41) is 11.9. The first-order valence-corrected chi connectivity index (χ1v) is 10.4. The van der Waals surface area contributed by atoms with Crippen LogP contribution in [0.15, 0.2) is 78.5 Å². The van der Waals surface area contributed by atoms with E-state index in [9.17, 15) is 14.7 Å². The van der Waals surface area contributed by atoms with Crippen molar-refractivity contribution in [2.75, 3.05) is 7.11 Å². The van der Waals surface area contributed by atoms with Crippen molar-refractivity contribution in [2.45, 2.75) is 6.61 Å². The van der Waals surface area contributed by atoms with E-state index in [0.717, 1.165) is 9.13 Å². The monoisotopic (exact) mass is 529 g/mol. The highest BCUT2D eigenvalue weighted by Gasteiger charge is 2.14. The molecule has 1 amide bonds. The molecule has 158 valence electrons. The van der Waals surface area contributed by atoms with E-state index < -0.39 is 11.9 Å². The van der Waals surface area contributed by atoms with Crippen LogP contribution in [-0.4, -0.2) is 24.1 Å². The van der Waals surface area contributed by atoms with Gasteiger partial charge in [0.25, 0.3) is 5.91 Å². The third-order valence-electron chi connectivity index (χ3n) is 4.32. The molecule has 0 unspecified atom stereocenters. The molecule has 6 nitrogen and oxygen atoms in total. The van der Waals surface area contributed by atoms with E-state index in [0.29, 0.717) is 29.2 Å². The van der Waals surface area contributed by atoms with Gasteiger partial charge in [0.05, 0.1) is 7.11 Å². The molecule has 0 fully saturated rings. The third-order valence-corrected chi connectivity index (χ3v) is 5.04. The highest BCUT2D eigenvalue weighted by molar-refractivity contribution is 14.1. The molecule has 2 N–H and O–H groups in total. The molecule has 3 aromatic carbocycles. The number of carboxylic acids is 1. The number of carbonyl (C=O) groups excluding carboxylic acids is 1. The first-order valence-electron chi connectivity index (χ1n) is 9.33. The van der Waals surface area contributed by atoms with Crippen molar-refractivity contribution in [3.8, 4) is 11.5 Å². The lowest BCUT2D eigenvalue weighted by Gasteiger charge is -2.12. The largest absolute Gasteiger partial charge is 0.493 e. The Hall–Kier alpha value is -3.33. The molecule has 0 saturated carbocycles. The lowest BCUT2D eigenvalue weighted by molar-refractivity contribution is -0.132. The van der Waals surface area contributed by atoms with Gasteiger partial charge >= 0.3 is 5.97 Å². The Bertz CT molecular complexity index is 1090. The third kappa shape index (κ3) is 6.32. The van der Waals surface area contributed by atoms with E-state index >= 15 is 0 Å². The molecule has 31 heavy (non-hydrogen) atoms. The van der Waals surface area contributed by atoms with Crippen LogP contribution >= 0.6 is 22.6 Å². The van der Waals surface area contributed by atoms with Crippen LogP contribution in [0.2, 0.25) is 0 Å². The number of halogens is 1. The van der Waals surface area contributed by atoms with Gasteiger partial charge in [0.1, 0.15) is 12.3 Å². The van der Waals surface area contributed by atoms with E-state index in [2.05, 4.69) is 27.9 Å². The standard InChI is InChI=1S/C24H20INO5/c1-30-22-14-17(9-12-21(22)31-15-16-7-10-19(25)11-8-16)13-20(24(28)29)26-23(27)18-5-3-2-4-6-18/h2-14H,15H2,1H3,(H,26,27)(H,28,29). The quantitative estimate of drug-likeness (QED) is 0.326. The zero-order chi connectivity index (χ0) is 22.2. The van der Waals surface area contributed by atoms with Crippen molar-refractivity contribution in [3.05, 3.63) is 98.8 Å². The van der Waals surface area contributed by atoms with E-state index in [-0.39, 0.29) is 5.70 Å². The Labute approximate surface area is 193 Å². The molecule has 0 radical (unpaired) electrons. The molecule has 3 rings (SSSR count). The second-order valence-corrected chi connectivity index (χ2v) is 7.75. The van der Waals surface area contributed by atoms with Crippen molar-refractivity contribution in [1.82, 2.24) is 5.32 Å². The normalized spacial score (nSPS) is 11.0. The molecule has 0 saturated heterocycles. The Kier molecular flexibility index (Phi) is 7.66. The number of benzene rings is 3. The summed E-state index contributed by atoms with van der Waals surface area (Å²) >= 11 is 2.24. The molecule has 0 heterocycles. The number of carbonyl (C=O) groups is 2. The lowest BCUT2D eigenvalue weighted by atomic mass is 10.1. The Morgan fingerprint density at radius 1 is 1.00 bits per heavy atom. The van der Waals surface area contributed by atoms with Crippen LogP contribution in [0.3, 0.4) is 0 Å². The maximum Gasteiger partial charge on any atom is 0.352 e. The molecular weight excluding hydrogens is 509 g/mol. The Morgan fingerprint density at radius 2 is 1.71 bits per heavy atom. The fraction of sp³-hybridized carbons (Fsp3) is 0.0833. The average molecular weight is 529 g/mol.